The number of hydrogen-bond acceptors (Lipinski definition) is 4. The molecule has 1 atom stereocenters. The molecule has 1 heterocycles. The van der Waals surface area contributed by atoms with Gasteiger partial charge in [0.25, 0.3) is 0 Å². The van der Waals surface area contributed by atoms with E-state index in [0.29, 0.717) is 12.4 Å². The van der Waals surface area contributed by atoms with Gasteiger partial charge in [-0.15, -0.1) is 24.2 Å². The number of nitrogens with zero attached hydrogens (tertiary/aromatic N) is 1. The minimum Gasteiger partial charge on any atom is -0.353 e. The number of halogens is 1. The third-order valence-electron chi connectivity index (χ3n) is 3.85. The van der Waals surface area contributed by atoms with Crippen LogP contribution in [0.4, 0.5) is 0 Å². The fourth-order valence-corrected chi connectivity index (χ4v) is 3.88. The van der Waals surface area contributed by atoms with Gasteiger partial charge < -0.3 is 15.5 Å². The lowest BCUT2D eigenvalue weighted by molar-refractivity contribution is -0.141. The van der Waals surface area contributed by atoms with Crippen LogP contribution in [0.1, 0.15) is 25.7 Å². The summed E-state index contributed by atoms with van der Waals surface area (Å²) in [5.74, 6) is 1.73. The molecule has 2 rings (SSSR count). The molecule has 2 aliphatic rings. The Labute approximate surface area is 131 Å². The summed E-state index contributed by atoms with van der Waals surface area (Å²) >= 11 is 1.67. The van der Waals surface area contributed by atoms with E-state index in [1.54, 1.807) is 16.7 Å². The SMILES string of the molecule is CNCCNC(=O)C1CSCN1C(=O)C1CCCC1.Cl. The topological polar surface area (TPSA) is 61.4 Å². The molecule has 116 valence electrons. The van der Waals surface area contributed by atoms with Crippen molar-refractivity contribution in [3.63, 3.8) is 0 Å². The number of carbonyl (C=O) groups excluding carboxylic acids is 2. The van der Waals surface area contributed by atoms with Crippen LogP contribution in [0.3, 0.4) is 0 Å². The van der Waals surface area contributed by atoms with Crippen LogP contribution in [0.25, 0.3) is 0 Å². The monoisotopic (exact) mass is 321 g/mol. The lowest BCUT2D eigenvalue weighted by Crippen LogP contribution is -2.49. The van der Waals surface area contributed by atoms with Crippen LogP contribution in [0.5, 0.6) is 0 Å². The number of thioether (sulfide) groups is 1. The zero-order chi connectivity index (χ0) is 13.7. The number of likely N-dealkylation sites (N-methyl/N-ethyl adjacent to an activating group) is 1. The highest BCUT2D eigenvalue weighted by Gasteiger charge is 2.37. The molecule has 0 spiro atoms. The molecule has 2 N–H and O–H groups in total. The lowest BCUT2D eigenvalue weighted by atomic mass is 10.1. The van der Waals surface area contributed by atoms with Crippen molar-refractivity contribution >= 4 is 36.0 Å². The van der Waals surface area contributed by atoms with E-state index in [1.165, 1.54) is 0 Å². The van der Waals surface area contributed by atoms with Crippen LogP contribution in [-0.4, -0.2) is 54.5 Å². The average Bonchev–Trinajstić information content (AvgIpc) is 3.09. The van der Waals surface area contributed by atoms with Crippen molar-refractivity contribution in [3.8, 4) is 0 Å². The fraction of sp³-hybridized carbons (Fsp3) is 0.846. The fourth-order valence-electron chi connectivity index (χ4n) is 2.71. The molecule has 1 aliphatic carbocycles. The third-order valence-corrected chi connectivity index (χ3v) is 4.86. The minimum absolute atomic E-state index is 0. The summed E-state index contributed by atoms with van der Waals surface area (Å²) in [4.78, 5) is 26.3. The van der Waals surface area contributed by atoms with Crippen molar-refractivity contribution in [2.75, 3.05) is 31.8 Å². The first kappa shape index (κ1) is 17.6. The Morgan fingerprint density at radius 1 is 1.25 bits per heavy atom. The minimum atomic E-state index is -0.269. The number of carbonyl (C=O) groups is 2. The van der Waals surface area contributed by atoms with Gasteiger partial charge >= 0.3 is 0 Å². The summed E-state index contributed by atoms with van der Waals surface area (Å²) in [5.41, 5.74) is 0. The van der Waals surface area contributed by atoms with Gasteiger partial charge in [-0.3, -0.25) is 9.59 Å². The van der Waals surface area contributed by atoms with Crippen LogP contribution < -0.4 is 10.6 Å². The van der Waals surface area contributed by atoms with Gasteiger partial charge in [-0.25, -0.2) is 0 Å². The second kappa shape index (κ2) is 8.74. The summed E-state index contributed by atoms with van der Waals surface area (Å²) in [7, 11) is 1.85. The second-order valence-corrected chi connectivity index (χ2v) is 6.20. The standard InChI is InChI=1S/C13H23N3O2S.ClH/c1-14-6-7-15-12(17)11-8-19-9-16(11)13(18)10-4-2-3-5-10;/h10-11,14H,2-9H2,1H3,(H,15,17);1H. The van der Waals surface area contributed by atoms with E-state index in [2.05, 4.69) is 10.6 Å². The van der Waals surface area contributed by atoms with Gasteiger partial charge in [0.05, 0.1) is 5.88 Å². The first-order valence-corrected chi connectivity index (χ1v) is 8.20. The van der Waals surface area contributed by atoms with E-state index >= 15 is 0 Å². The summed E-state index contributed by atoms with van der Waals surface area (Å²) in [6.07, 6.45) is 4.29. The van der Waals surface area contributed by atoms with Crippen molar-refractivity contribution in [3.05, 3.63) is 0 Å². The normalized spacial score (nSPS) is 22.6. The molecule has 0 aromatic carbocycles. The maximum Gasteiger partial charge on any atom is 0.243 e. The molecule has 0 aromatic heterocycles. The first-order chi connectivity index (χ1) is 9.24. The maximum absolute atomic E-state index is 12.4. The van der Waals surface area contributed by atoms with Crippen LogP contribution in [-0.2, 0) is 9.59 Å². The highest BCUT2D eigenvalue weighted by Crippen LogP contribution is 2.30. The Kier molecular flexibility index (Phi) is 7.69. The van der Waals surface area contributed by atoms with Crippen LogP contribution >= 0.6 is 24.2 Å². The summed E-state index contributed by atoms with van der Waals surface area (Å²) in [6.45, 7) is 1.37. The Morgan fingerprint density at radius 3 is 2.60 bits per heavy atom. The molecule has 1 saturated heterocycles. The van der Waals surface area contributed by atoms with Crippen molar-refractivity contribution in [2.24, 2.45) is 5.92 Å². The van der Waals surface area contributed by atoms with Crippen molar-refractivity contribution in [1.29, 1.82) is 0 Å². The van der Waals surface area contributed by atoms with E-state index in [-0.39, 0.29) is 36.2 Å². The zero-order valence-electron chi connectivity index (χ0n) is 11.9. The molecule has 7 heteroatoms. The molecule has 2 amide bonds. The Hall–Kier alpha value is -0.460. The van der Waals surface area contributed by atoms with Crippen molar-refractivity contribution in [1.82, 2.24) is 15.5 Å². The van der Waals surface area contributed by atoms with Crippen LogP contribution in [0, 0.1) is 5.92 Å². The predicted octanol–water partition coefficient (Wildman–Crippen LogP) is 0.835. The summed E-state index contributed by atoms with van der Waals surface area (Å²) in [5, 5.41) is 5.88. The molecule has 2 fully saturated rings. The molecule has 0 radical (unpaired) electrons. The molecular formula is C13H24ClN3O2S. The highest BCUT2D eigenvalue weighted by molar-refractivity contribution is 7.99. The van der Waals surface area contributed by atoms with Crippen LogP contribution in [0.15, 0.2) is 0 Å². The zero-order valence-corrected chi connectivity index (χ0v) is 13.5. The molecule has 0 aromatic rings. The van der Waals surface area contributed by atoms with E-state index in [0.717, 1.165) is 38.0 Å². The molecule has 0 bridgehead atoms. The quantitative estimate of drug-likeness (QED) is 0.737. The van der Waals surface area contributed by atoms with E-state index in [1.807, 2.05) is 7.05 Å². The summed E-state index contributed by atoms with van der Waals surface area (Å²) < 4.78 is 0. The van der Waals surface area contributed by atoms with E-state index < -0.39 is 0 Å². The molecule has 1 aliphatic heterocycles. The van der Waals surface area contributed by atoms with Gasteiger partial charge in [-0.05, 0) is 19.9 Å². The predicted molar refractivity (Wildman–Crippen MR) is 84.1 cm³/mol. The Balaban J connectivity index is 0.00000200. The van der Waals surface area contributed by atoms with Gasteiger partial charge in [0.2, 0.25) is 11.8 Å². The molecule has 1 unspecified atom stereocenters. The number of amides is 2. The highest BCUT2D eigenvalue weighted by atomic mass is 35.5. The second-order valence-electron chi connectivity index (χ2n) is 5.20. The van der Waals surface area contributed by atoms with Gasteiger partial charge in [-0.1, -0.05) is 12.8 Å². The lowest BCUT2D eigenvalue weighted by Gasteiger charge is -2.25. The Bertz CT molecular complexity index is 338. The van der Waals surface area contributed by atoms with Gasteiger partial charge in [0, 0.05) is 24.8 Å². The maximum atomic E-state index is 12.4. The number of rotatable bonds is 5. The largest absolute Gasteiger partial charge is 0.353 e. The van der Waals surface area contributed by atoms with Crippen molar-refractivity contribution in [2.45, 2.75) is 31.7 Å². The Morgan fingerprint density at radius 2 is 1.95 bits per heavy atom. The molecule has 5 nitrogen and oxygen atoms in total. The number of hydrogen-bond donors (Lipinski definition) is 2. The molecular weight excluding hydrogens is 298 g/mol. The van der Waals surface area contributed by atoms with Crippen molar-refractivity contribution < 1.29 is 9.59 Å². The molecule has 1 saturated carbocycles. The molecule has 20 heavy (non-hydrogen) atoms. The van der Waals surface area contributed by atoms with Gasteiger partial charge in [0.1, 0.15) is 6.04 Å². The first-order valence-electron chi connectivity index (χ1n) is 7.04. The summed E-state index contributed by atoms with van der Waals surface area (Å²) in [6, 6.07) is -0.269. The smallest absolute Gasteiger partial charge is 0.243 e. The van der Waals surface area contributed by atoms with Gasteiger partial charge in [-0.2, -0.15) is 0 Å². The number of nitrogens with one attached hydrogen (secondary N) is 2. The average molecular weight is 322 g/mol. The van der Waals surface area contributed by atoms with E-state index in [4.69, 9.17) is 0 Å². The van der Waals surface area contributed by atoms with E-state index in [9.17, 15) is 9.59 Å². The van der Waals surface area contributed by atoms with Crippen LogP contribution in [0.2, 0.25) is 0 Å². The van der Waals surface area contributed by atoms with Gasteiger partial charge in [0.15, 0.2) is 0 Å². The third kappa shape index (κ3) is 4.27.